The molecule has 22 heavy (non-hydrogen) atoms. The van der Waals surface area contributed by atoms with Gasteiger partial charge in [0.2, 0.25) is 5.91 Å². The van der Waals surface area contributed by atoms with Crippen LogP contribution in [0.15, 0.2) is 24.3 Å². The van der Waals surface area contributed by atoms with E-state index in [1.807, 2.05) is 38.1 Å². The van der Waals surface area contributed by atoms with Gasteiger partial charge in [0.15, 0.2) is 0 Å². The number of carbonyl (C=O) groups is 2. The van der Waals surface area contributed by atoms with Crippen LogP contribution in [-0.2, 0) is 9.59 Å². The maximum absolute atomic E-state index is 12.6. The van der Waals surface area contributed by atoms with Gasteiger partial charge in [-0.15, -0.1) is 0 Å². The fourth-order valence-corrected chi connectivity index (χ4v) is 4.26. The van der Waals surface area contributed by atoms with E-state index >= 15 is 0 Å². The molecule has 2 aliphatic rings. The van der Waals surface area contributed by atoms with E-state index in [0.29, 0.717) is 0 Å². The first-order valence-corrected chi connectivity index (χ1v) is 8.05. The summed E-state index contributed by atoms with van der Waals surface area (Å²) in [5.41, 5.74) is 2.21. The van der Waals surface area contributed by atoms with Crippen LogP contribution in [0.1, 0.15) is 43.4 Å². The Kier molecular flexibility index (Phi) is 3.94. The minimum absolute atomic E-state index is 0.116. The molecule has 0 saturated heterocycles. The summed E-state index contributed by atoms with van der Waals surface area (Å²) in [5.74, 6) is -1.89. The van der Waals surface area contributed by atoms with Gasteiger partial charge in [-0.05, 0) is 50.5 Å². The van der Waals surface area contributed by atoms with Crippen LogP contribution in [-0.4, -0.2) is 11.9 Å². The molecule has 0 aromatic heterocycles. The number of carboxylic acid groups (broad SMARTS) is 1. The smallest absolute Gasteiger partial charge is 0.224 e. The lowest BCUT2D eigenvalue weighted by Gasteiger charge is -2.31. The Bertz CT molecular complexity index is 580. The summed E-state index contributed by atoms with van der Waals surface area (Å²) in [6.07, 6.45) is 2.74. The number of carboxylic acids is 1. The minimum atomic E-state index is -1.06. The first-order valence-electron chi connectivity index (χ1n) is 8.05. The van der Waals surface area contributed by atoms with Gasteiger partial charge in [-0.2, -0.15) is 0 Å². The molecule has 2 saturated carbocycles. The van der Waals surface area contributed by atoms with E-state index in [1.165, 1.54) is 5.56 Å². The van der Waals surface area contributed by atoms with E-state index in [-0.39, 0.29) is 23.8 Å². The zero-order valence-electron chi connectivity index (χ0n) is 13.0. The highest BCUT2D eigenvalue weighted by Gasteiger charge is 2.51. The third-order valence-corrected chi connectivity index (χ3v) is 5.43. The Morgan fingerprint density at radius 2 is 1.73 bits per heavy atom. The second kappa shape index (κ2) is 5.75. The lowest BCUT2D eigenvalue weighted by Crippen LogP contribution is -2.46. The van der Waals surface area contributed by atoms with E-state index in [2.05, 4.69) is 5.32 Å². The van der Waals surface area contributed by atoms with Crippen molar-refractivity contribution in [1.82, 2.24) is 5.32 Å². The van der Waals surface area contributed by atoms with Gasteiger partial charge in [-0.1, -0.05) is 29.8 Å². The Morgan fingerprint density at radius 3 is 2.32 bits per heavy atom. The molecular formula is C18H22NO3-. The summed E-state index contributed by atoms with van der Waals surface area (Å²) in [6, 6.07) is 7.91. The van der Waals surface area contributed by atoms with E-state index in [1.54, 1.807) is 0 Å². The molecule has 0 spiro atoms. The topological polar surface area (TPSA) is 69.2 Å². The minimum Gasteiger partial charge on any atom is -0.550 e. The first kappa shape index (κ1) is 15.1. The molecule has 0 radical (unpaired) electrons. The number of hydrogen-bond acceptors (Lipinski definition) is 3. The van der Waals surface area contributed by atoms with E-state index < -0.39 is 17.8 Å². The lowest BCUT2D eigenvalue weighted by molar-refractivity contribution is -0.314. The predicted octanol–water partition coefficient (Wildman–Crippen LogP) is 1.58. The number of amides is 1. The molecule has 5 atom stereocenters. The Labute approximate surface area is 130 Å². The summed E-state index contributed by atoms with van der Waals surface area (Å²) in [6.45, 7) is 3.95. The first-order chi connectivity index (χ1) is 10.5. The lowest BCUT2D eigenvalue weighted by atomic mass is 9.78. The molecule has 2 bridgehead atoms. The highest BCUT2D eigenvalue weighted by molar-refractivity contribution is 5.85. The molecule has 2 fully saturated rings. The number of aryl methyl sites for hydroxylation is 1. The quantitative estimate of drug-likeness (QED) is 0.918. The molecule has 1 aromatic carbocycles. The van der Waals surface area contributed by atoms with E-state index in [9.17, 15) is 14.7 Å². The molecule has 1 N–H and O–H groups in total. The van der Waals surface area contributed by atoms with Gasteiger partial charge in [0.05, 0.1) is 6.04 Å². The van der Waals surface area contributed by atoms with Crippen LogP contribution in [0.3, 0.4) is 0 Å². The van der Waals surface area contributed by atoms with Crippen LogP contribution in [0.5, 0.6) is 0 Å². The van der Waals surface area contributed by atoms with Gasteiger partial charge in [0.1, 0.15) is 0 Å². The Hall–Kier alpha value is -1.84. The SMILES string of the molecule is Cc1ccc([C@H](C)NC(=O)[C@@H]2[C@H]3CC[C@@H](C3)[C@@H]2C(=O)[O-])cc1. The predicted molar refractivity (Wildman–Crippen MR) is 80.6 cm³/mol. The van der Waals surface area contributed by atoms with Crippen LogP contribution in [0, 0.1) is 30.6 Å². The summed E-state index contributed by atoms with van der Waals surface area (Å²) < 4.78 is 0. The summed E-state index contributed by atoms with van der Waals surface area (Å²) in [5, 5.41) is 14.4. The molecule has 118 valence electrons. The van der Waals surface area contributed by atoms with Crippen molar-refractivity contribution >= 4 is 11.9 Å². The summed E-state index contributed by atoms with van der Waals surface area (Å²) in [7, 11) is 0. The van der Waals surface area contributed by atoms with Crippen molar-refractivity contribution in [2.45, 2.75) is 39.2 Å². The zero-order chi connectivity index (χ0) is 15.9. The van der Waals surface area contributed by atoms with Crippen LogP contribution in [0.25, 0.3) is 0 Å². The van der Waals surface area contributed by atoms with Gasteiger partial charge in [-0.3, -0.25) is 4.79 Å². The Balaban J connectivity index is 1.71. The molecule has 3 rings (SSSR count). The molecule has 0 heterocycles. The largest absolute Gasteiger partial charge is 0.550 e. The molecule has 0 aliphatic heterocycles. The molecule has 1 amide bonds. The fraction of sp³-hybridized carbons (Fsp3) is 0.556. The molecule has 2 aliphatic carbocycles. The molecule has 1 aromatic rings. The highest BCUT2D eigenvalue weighted by atomic mass is 16.4. The second-order valence-electron chi connectivity index (χ2n) is 6.84. The van der Waals surface area contributed by atoms with Crippen molar-refractivity contribution in [3.63, 3.8) is 0 Å². The van der Waals surface area contributed by atoms with Crippen molar-refractivity contribution in [3.8, 4) is 0 Å². The van der Waals surface area contributed by atoms with Crippen LogP contribution in [0.2, 0.25) is 0 Å². The van der Waals surface area contributed by atoms with Crippen LogP contribution >= 0.6 is 0 Å². The van der Waals surface area contributed by atoms with Crippen molar-refractivity contribution in [1.29, 1.82) is 0 Å². The second-order valence-corrected chi connectivity index (χ2v) is 6.84. The standard InChI is InChI=1S/C18H23NO3/c1-10-3-5-12(6-4-10)11(2)19-17(20)15-13-7-8-14(9-13)16(15)18(21)22/h3-6,11,13-16H,7-9H2,1-2H3,(H,19,20)(H,21,22)/p-1/t11-,13-,14-,15+,16-/m0/s1. The average Bonchev–Trinajstić information content (AvgIpc) is 3.08. The number of aliphatic carboxylic acids is 1. The third-order valence-electron chi connectivity index (χ3n) is 5.43. The number of hydrogen-bond donors (Lipinski definition) is 1. The number of carbonyl (C=O) groups excluding carboxylic acids is 2. The Morgan fingerprint density at radius 1 is 1.14 bits per heavy atom. The van der Waals surface area contributed by atoms with E-state index in [4.69, 9.17) is 0 Å². The normalized spacial score (nSPS) is 31.0. The number of nitrogens with one attached hydrogen (secondary N) is 1. The van der Waals surface area contributed by atoms with Crippen molar-refractivity contribution in [3.05, 3.63) is 35.4 Å². The van der Waals surface area contributed by atoms with Crippen molar-refractivity contribution in [2.75, 3.05) is 0 Å². The number of fused-ring (bicyclic) bond motifs is 2. The van der Waals surface area contributed by atoms with Gasteiger partial charge in [-0.25, -0.2) is 0 Å². The monoisotopic (exact) mass is 300 g/mol. The average molecular weight is 300 g/mol. The third kappa shape index (κ3) is 2.62. The van der Waals surface area contributed by atoms with E-state index in [0.717, 1.165) is 24.8 Å². The summed E-state index contributed by atoms with van der Waals surface area (Å²) >= 11 is 0. The molecule has 4 heteroatoms. The summed E-state index contributed by atoms with van der Waals surface area (Å²) in [4.78, 5) is 24.0. The fourth-order valence-electron chi connectivity index (χ4n) is 4.26. The zero-order valence-corrected chi connectivity index (χ0v) is 13.0. The van der Waals surface area contributed by atoms with Gasteiger partial charge < -0.3 is 15.2 Å². The van der Waals surface area contributed by atoms with Crippen LogP contribution < -0.4 is 10.4 Å². The molecule has 0 unspecified atom stereocenters. The van der Waals surface area contributed by atoms with Crippen molar-refractivity contribution in [2.24, 2.45) is 23.7 Å². The van der Waals surface area contributed by atoms with Crippen molar-refractivity contribution < 1.29 is 14.7 Å². The maximum atomic E-state index is 12.6. The van der Waals surface area contributed by atoms with Gasteiger partial charge in [0.25, 0.3) is 0 Å². The van der Waals surface area contributed by atoms with Crippen LogP contribution in [0.4, 0.5) is 0 Å². The molecule has 4 nitrogen and oxygen atoms in total. The van der Waals surface area contributed by atoms with Gasteiger partial charge >= 0.3 is 0 Å². The highest BCUT2D eigenvalue weighted by Crippen LogP contribution is 2.52. The molecular weight excluding hydrogens is 278 g/mol. The maximum Gasteiger partial charge on any atom is 0.224 e. The number of rotatable bonds is 4. The number of benzene rings is 1. The van der Waals surface area contributed by atoms with Gasteiger partial charge in [0, 0.05) is 17.8 Å².